The van der Waals surface area contributed by atoms with Crippen LogP contribution in [0.1, 0.15) is 35.7 Å². The summed E-state index contributed by atoms with van der Waals surface area (Å²) in [7, 11) is 1.72. The van der Waals surface area contributed by atoms with Crippen molar-refractivity contribution in [2.24, 2.45) is 5.92 Å². The van der Waals surface area contributed by atoms with Crippen molar-refractivity contribution in [1.29, 1.82) is 0 Å². The van der Waals surface area contributed by atoms with Gasteiger partial charge in [0.05, 0.1) is 0 Å². The maximum atomic E-state index is 12.7. The maximum absolute atomic E-state index is 12.7. The number of hydrogen-bond acceptors (Lipinski definition) is 3. The summed E-state index contributed by atoms with van der Waals surface area (Å²) in [6.07, 6.45) is 1.86. The number of nitrogens with zero attached hydrogens (tertiary/aromatic N) is 1. The largest absolute Gasteiger partial charge is 0.342 e. The molecule has 1 aliphatic rings. The summed E-state index contributed by atoms with van der Waals surface area (Å²) in [6, 6.07) is 14.3. The Morgan fingerprint density at radius 3 is 2.48 bits per heavy atom. The number of carbonyl (C=O) groups excluding carboxylic acids is 3. The number of carbonyl (C=O) groups is 3. The summed E-state index contributed by atoms with van der Waals surface area (Å²) < 4.78 is 0. The van der Waals surface area contributed by atoms with Crippen LogP contribution in [0, 0.1) is 5.92 Å². The second-order valence-electron chi connectivity index (χ2n) is 6.83. The Morgan fingerprint density at radius 2 is 1.78 bits per heavy atom. The molecular weight excluding hydrogens is 342 g/mol. The number of para-hydroxylation sites is 1. The maximum Gasteiger partial charge on any atom is 0.255 e. The van der Waals surface area contributed by atoms with Crippen LogP contribution in [0.15, 0.2) is 48.5 Å². The van der Waals surface area contributed by atoms with Gasteiger partial charge in [-0.15, -0.1) is 0 Å². The normalized spacial score (nSPS) is 13.0. The number of benzene rings is 2. The Kier molecular flexibility index (Phi) is 5.54. The van der Waals surface area contributed by atoms with E-state index in [-0.39, 0.29) is 23.6 Å². The standard InChI is InChI=1S/C21H23N3O3/c1-14(25)24(2)13-17-6-3-4-9-19(17)23-21(27)16-7-5-8-18(12-16)22-20(26)15-10-11-15/h3-9,12,15H,10-11,13H2,1-2H3,(H,22,26)(H,23,27). The van der Waals surface area contributed by atoms with Gasteiger partial charge in [-0.2, -0.15) is 0 Å². The van der Waals surface area contributed by atoms with Gasteiger partial charge in [-0.3, -0.25) is 14.4 Å². The molecule has 27 heavy (non-hydrogen) atoms. The number of anilines is 2. The molecule has 0 heterocycles. The predicted octanol–water partition coefficient (Wildman–Crippen LogP) is 3.27. The molecule has 3 amide bonds. The van der Waals surface area contributed by atoms with Crippen LogP contribution in [-0.2, 0) is 16.1 Å². The fourth-order valence-corrected chi connectivity index (χ4v) is 2.67. The van der Waals surface area contributed by atoms with Gasteiger partial charge in [0.25, 0.3) is 5.91 Å². The lowest BCUT2D eigenvalue weighted by Gasteiger charge is -2.18. The first-order chi connectivity index (χ1) is 12.9. The number of rotatable bonds is 6. The smallest absolute Gasteiger partial charge is 0.255 e. The van der Waals surface area contributed by atoms with Crippen molar-refractivity contribution in [3.05, 3.63) is 59.7 Å². The molecule has 1 fully saturated rings. The SMILES string of the molecule is CC(=O)N(C)Cc1ccccc1NC(=O)c1cccc(NC(=O)C2CC2)c1. The molecule has 0 saturated heterocycles. The lowest BCUT2D eigenvalue weighted by molar-refractivity contribution is -0.128. The minimum Gasteiger partial charge on any atom is -0.342 e. The van der Waals surface area contributed by atoms with Gasteiger partial charge in [0.15, 0.2) is 0 Å². The molecule has 2 N–H and O–H groups in total. The Labute approximate surface area is 158 Å². The third kappa shape index (κ3) is 4.94. The van der Waals surface area contributed by atoms with Crippen molar-refractivity contribution in [3.63, 3.8) is 0 Å². The highest BCUT2D eigenvalue weighted by atomic mass is 16.2. The van der Waals surface area contributed by atoms with Crippen LogP contribution in [0.5, 0.6) is 0 Å². The molecule has 2 aromatic rings. The zero-order chi connectivity index (χ0) is 19.4. The van der Waals surface area contributed by atoms with Crippen LogP contribution in [0.25, 0.3) is 0 Å². The van der Waals surface area contributed by atoms with Gasteiger partial charge < -0.3 is 15.5 Å². The minimum atomic E-state index is -0.268. The van der Waals surface area contributed by atoms with E-state index in [4.69, 9.17) is 0 Å². The summed E-state index contributed by atoms with van der Waals surface area (Å²) in [5.41, 5.74) is 2.58. The summed E-state index contributed by atoms with van der Waals surface area (Å²) in [6.45, 7) is 1.91. The third-order valence-electron chi connectivity index (χ3n) is 4.55. The molecule has 6 heteroatoms. The van der Waals surface area contributed by atoms with Crippen molar-refractivity contribution in [2.45, 2.75) is 26.3 Å². The second kappa shape index (κ2) is 8.03. The lowest BCUT2D eigenvalue weighted by Crippen LogP contribution is -2.24. The summed E-state index contributed by atoms with van der Waals surface area (Å²) in [4.78, 5) is 37.6. The van der Waals surface area contributed by atoms with Gasteiger partial charge in [-0.1, -0.05) is 24.3 Å². The van der Waals surface area contributed by atoms with E-state index < -0.39 is 0 Å². The molecule has 140 valence electrons. The summed E-state index contributed by atoms with van der Waals surface area (Å²) >= 11 is 0. The summed E-state index contributed by atoms with van der Waals surface area (Å²) in [5, 5.41) is 5.75. The van der Waals surface area contributed by atoms with Crippen LogP contribution in [-0.4, -0.2) is 29.7 Å². The molecule has 0 radical (unpaired) electrons. The fourth-order valence-electron chi connectivity index (χ4n) is 2.67. The molecule has 2 aromatic carbocycles. The van der Waals surface area contributed by atoms with E-state index >= 15 is 0 Å². The number of amides is 3. The van der Waals surface area contributed by atoms with Gasteiger partial charge in [-0.05, 0) is 42.7 Å². The molecule has 0 aliphatic heterocycles. The van der Waals surface area contributed by atoms with E-state index in [1.165, 1.54) is 6.92 Å². The predicted molar refractivity (Wildman–Crippen MR) is 104 cm³/mol. The average Bonchev–Trinajstić information content (AvgIpc) is 3.48. The molecule has 6 nitrogen and oxygen atoms in total. The van der Waals surface area contributed by atoms with Gasteiger partial charge in [0, 0.05) is 43.4 Å². The van der Waals surface area contributed by atoms with Crippen molar-refractivity contribution >= 4 is 29.1 Å². The quantitative estimate of drug-likeness (QED) is 0.825. The molecule has 0 bridgehead atoms. The highest BCUT2D eigenvalue weighted by molar-refractivity contribution is 6.05. The number of nitrogens with one attached hydrogen (secondary N) is 2. The summed E-state index contributed by atoms with van der Waals surface area (Å²) in [5.74, 6) is -0.205. The molecule has 1 saturated carbocycles. The highest BCUT2D eigenvalue weighted by Gasteiger charge is 2.29. The second-order valence-corrected chi connectivity index (χ2v) is 6.83. The first kappa shape index (κ1) is 18.6. The van der Waals surface area contributed by atoms with E-state index in [1.54, 1.807) is 42.3 Å². The molecule has 0 unspecified atom stereocenters. The molecule has 0 atom stereocenters. The Balaban J connectivity index is 1.72. The Morgan fingerprint density at radius 1 is 1.04 bits per heavy atom. The zero-order valence-corrected chi connectivity index (χ0v) is 15.5. The Hall–Kier alpha value is -3.15. The number of hydrogen-bond donors (Lipinski definition) is 2. The van der Waals surface area contributed by atoms with Crippen molar-refractivity contribution in [1.82, 2.24) is 4.90 Å². The van der Waals surface area contributed by atoms with Crippen LogP contribution in [0.2, 0.25) is 0 Å². The van der Waals surface area contributed by atoms with Crippen LogP contribution < -0.4 is 10.6 Å². The van der Waals surface area contributed by atoms with Crippen molar-refractivity contribution in [2.75, 3.05) is 17.7 Å². The highest BCUT2D eigenvalue weighted by Crippen LogP contribution is 2.30. The minimum absolute atomic E-state index is 0.00479. The zero-order valence-electron chi connectivity index (χ0n) is 15.5. The first-order valence-electron chi connectivity index (χ1n) is 8.96. The van der Waals surface area contributed by atoms with Gasteiger partial charge in [0.2, 0.25) is 11.8 Å². The van der Waals surface area contributed by atoms with Gasteiger partial charge >= 0.3 is 0 Å². The molecule has 1 aliphatic carbocycles. The molecule has 0 aromatic heterocycles. The van der Waals surface area contributed by atoms with Gasteiger partial charge in [-0.25, -0.2) is 0 Å². The van der Waals surface area contributed by atoms with Crippen molar-refractivity contribution in [3.8, 4) is 0 Å². The van der Waals surface area contributed by atoms with E-state index in [1.807, 2.05) is 18.2 Å². The molecule has 0 spiro atoms. The van der Waals surface area contributed by atoms with Crippen LogP contribution >= 0.6 is 0 Å². The average molecular weight is 365 g/mol. The Bertz CT molecular complexity index is 874. The topological polar surface area (TPSA) is 78.5 Å². The van der Waals surface area contributed by atoms with Gasteiger partial charge in [0.1, 0.15) is 0 Å². The van der Waals surface area contributed by atoms with E-state index in [2.05, 4.69) is 10.6 Å². The van der Waals surface area contributed by atoms with Crippen LogP contribution in [0.3, 0.4) is 0 Å². The monoisotopic (exact) mass is 365 g/mol. The van der Waals surface area contributed by atoms with E-state index in [0.717, 1.165) is 18.4 Å². The molecular formula is C21H23N3O3. The molecule has 3 rings (SSSR count). The van der Waals surface area contributed by atoms with E-state index in [0.29, 0.717) is 23.5 Å². The third-order valence-corrected chi connectivity index (χ3v) is 4.55. The fraction of sp³-hybridized carbons (Fsp3) is 0.286. The van der Waals surface area contributed by atoms with Crippen LogP contribution in [0.4, 0.5) is 11.4 Å². The van der Waals surface area contributed by atoms with E-state index in [9.17, 15) is 14.4 Å². The lowest BCUT2D eigenvalue weighted by atomic mass is 10.1. The first-order valence-corrected chi connectivity index (χ1v) is 8.96. The van der Waals surface area contributed by atoms with Crippen molar-refractivity contribution < 1.29 is 14.4 Å².